The number of rotatable bonds is 4. The Bertz CT molecular complexity index is 302. The van der Waals surface area contributed by atoms with Crippen molar-refractivity contribution in [2.75, 3.05) is 26.3 Å². The van der Waals surface area contributed by atoms with Gasteiger partial charge in [0.15, 0.2) is 0 Å². The van der Waals surface area contributed by atoms with E-state index in [2.05, 4.69) is 0 Å². The fourth-order valence-corrected chi connectivity index (χ4v) is 3.40. The standard InChI is InChI=1S/C14H24F3NO2/c1-2-13(10-19)5-7-18(8-6-13)12(14(15,16)17)11-4-3-9-20-11/h11-12,19H,2-10H2,1H3. The van der Waals surface area contributed by atoms with Gasteiger partial charge in [0.1, 0.15) is 6.04 Å². The van der Waals surface area contributed by atoms with Crippen molar-refractivity contribution >= 4 is 0 Å². The second-order valence-corrected chi connectivity index (χ2v) is 6.09. The minimum absolute atomic E-state index is 0.0634. The number of aliphatic hydroxyl groups is 1. The summed E-state index contributed by atoms with van der Waals surface area (Å²) in [5, 5.41) is 9.47. The van der Waals surface area contributed by atoms with Crippen molar-refractivity contribution < 1.29 is 23.0 Å². The van der Waals surface area contributed by atoms with Crippen molar-refractivity contribution in [3.05, 3.63) is 0 Å². The molecule has 0 bridgehead atoms. The molecular formula is C14H24F3NO2. The molecular weight excluding hydrogens is 271 g/mol. The maximum absolute atomic E-state index is 13.3. The molecule has 0 aromatic rings. The summed E-state index contributed by atoms with van der Waals surface area (Å²) in [6.07, 6.45) is -1.72. The minimum atomic E-state index is -4.25. The third-order valence-corrected chi connectivity index (χ3v) is 4.99. The topological polar surface area (TPSA) is 32.7 Å². The van der Waals surface area contributed by atoms with Crippen LogP contribution in [-0.4, -0.2) is 54.6 Å². The van der Waals surface area contributed by atoms with Crippen LogP contribution in [-0.2, 0) is 4.74 Å². The first kappa shape index (κ1) is 16.0. The van der Waals surface area contributed by atoms with Crippen molar-refractivity contribution in [1.82, 2.24) is 4.90 Å². The van der Waals surface area contributed by atoms with Crippen molar-refractivity contribution in [2.24, 2.45) is 5.41 Å². The number of alkyl halides is 3. The van der Waals surface area contributed by atoms with E-state index in [1.807, 2.05) is 6.92 Å². The maximum Gasteiger partial charge on any atom is 0.406 e. The van der Waals surface area contributed by atoms with Gasteiger partial charge in [-0.3, -0.25) is 4.90 Å². The fourth-order valence-electron chi connectivity index (χ4n) is 3.40. The number of aliphatic hydroxyl groups excluding tert-OH is 1. The number of halogens is 3. The minimum Gasteiger partial charge on any atom is -0.396 e. The molecule has 0 saturated carbocycles. The lowest BCUT2D eigenvalue weighted by atomic mass is 9.76. The molecule has 2 rings (SSSR count). The van der Waals surface area contributed by atoms with Gasteiger partial charge in [0.05, 0.1) is 6.10 Å². The van der Waals surface area contributed by atoms with Gasteiger partial charge in [-0.15, -0.1) is 0 Å². The SMILES string of the molecule is CCC1(CO)CCN(C(C2CCCO2)C(F)(F)F)CC1. The van der Waals surface area contributed by atoms with Crippen LogP contribution in [0.25, 0.3) is 0 Å². The summed E-state index contributed by atoms with van der Waals surface area (Å²) in [6.45, 7) is 3.26. The molecule has 2 atom stereocenters. The molecule has 2 heterocycles. The summed E-state index contributed by atoms with van der Waals surface area (Å²) in [5.74, 6) is 0. The van der Waals surface area contributed by atoms with E-state index in [-0.39, 0.29) is 12.0 Å². The quantitative estimate of drug-likeness (QED) is 0.865. The zero-order chi connectivity index (χ0) is 14.8. The highest BCUT2D eigenvalue weighted by Gasteiger charge is 2.51. The Kier molecular flexibility index (Phi) is 4.97. The predicted molar refractivity (Wildman–Crippen MR) is 69.4 cm³/mol. The third-order valence-electron chi connectivity index (χ3n) is 4.99. The van der Waals surface area contributed by atoms with Crippen molar-refractivity contribution in [2.45, 2.75) is 57.3 Å². The van der Waals surface area contributed by atoms with E-state index in [1.54, 1.807) is 0 Å². The second kappa shape index (κ2) is 6.20. The summed E-state index contributed by atoms with van der Waals surface area (Å²) in [5.41, 5.74) is -0.191. The van der Waals surface area contributed by atoms with E-state index >= 15 is 0 Å². The van der Waals surface area contributed by atoms with Gasteiger partial charge in [-0.2, -0.15) is 13.2 Å². The molecule has 2 saturated heterocycles. The maximum atomic E-state index is 13.3. The largest absolute Gasteiger partial charge is 0.406 e. The molecule has 0 aliphatic carbocycles. The highest BCUT2D eigenvalue weighted by Crippen LogP contribution is 2.39. The normalized spacial score (nSPS) is 29.6. The zero-order valence-electron chi connectivity index (χ0n) is 12.0. The fraction of sp³-hybridized carbons (Fsp3) is 1.00. The lowest BCUT2D eigenvalue weighted by Crippen LogP contribution is -2.56. The first-order chi connectivity index (χ1) is 9.42. The first-order valence-electron chi connectivity index (χ1n) is 7.45. The first-order valence-corrected chi connectivity index (χ1v) is 7.45. The van der Waals surface area contributed by atoms with Crippen LogP contribution in [0.2, 0.25) is 0 Å². The molecule has 2 fully saturated rings. The average Bonchev–Trinajstić information content (AvgIpc) is 2.92. The van der Waals surface area contributed by atoms with E-state index < -0.39 is 18.3 Å². The van der Waals surface area contributed by atoms with Gasteiger partial charge in [0, 0.05) is 13.2 Å². The van der Waals surface area contributed by atoms with E-state index in [1.165, 1.54) is 4.90 Å². The number of nitrogens with zero attached hydrogens (tertiary/aromatic N) is 1. The Morgan fingerprint density at radius 2 is 2.00 bits per heavy atom. The average molecular weight is 295 g/mol. The van der Waals surface area contributed by atoms with Gasteiger partial charge in [0.2, 0.25) is 0 Å². The van der Waals surface area contributed by atoms with Crippen molar-refractivity contribution in [3.63, 3.8) is 0 Å². The number of likely N-dealkylation sites (tertiary alicyclic amines) is 1. The van der Waals surface area contributed by atoms with Crippen molar-refractivity contribution in [3.8, 4) is 0 Å². The third kappa shape index (κ3) is 3.28. The van der Waals surface area contributed by atoms with Gasteiger partial charge < -0.3 is 9.84 Å². The molecule has 0 amide bonds. The van der Waals surface area contributed by atoms with Gasteiger partial charge in [0.25, 0.3) is 0 Å². The molecule has 0 aromatic heterocycles. The molecule has 2 aliphatic rings. The molecule has 20 heavy (non-hydrogen) atoms. The van der Waals surface area contributed by atoms with Crippen LogP contribution in [0, 0.1) is 5.41 Å². The molecule has 6 heteroatoms. The number of piperidine rings is 1. The van der Waals surface area contributed by atoms with Crippen LogP contribution >= 0.6 is 0 Å². The lowest BCUT2D eigenvalue weighted by molar-refractivity contribution is -0.215. The molecule has 0 spiro atoms. The number of hydrogen-bond donors (Lipinski definition) is 1. The zero-order valence-corrected chi connectivity index (χ0v) is 12.0. The Morgan fingerprint density at radius 1 is 1.35 bits per heavy atom. The molecule has 0 radical (unpaired) electrons. The monoisotopic (exact) mass is 295 g/mol. The number of ether oxygens (including phenoxy) is 1. The van der Waals surface area contributed by atoms with E-state index in [9.17, 15) is 18.3 Å². The highest BCUT2D eigenvalue weighted by atomic mass is 19.4. The Balaban J connectivity index is 2.04. The second-order valence-electron chi connectivity index (χ2n) is 6.09. The van der Waals surface area contributed by atoms with Crippen LogP contribution in [0.1, 0.15) is 39.0 Å². The summed E-state index contributed by atoms with van der Waals surface area (Å²) in [6, 6.07) is -1.49. The van der Waals surface area contributed by atoms with Crippen LogP contribution in [0.3, 0.4) is 0 Å². The van der Waals surface area contributed by atoms with Crippen LogP contribution in [0.4, 0.5) is 13.2 Å². The van der Waals surface area contributed by atoms with Gasteiger partial charge in [-0.1, -0.05) is 6.92 Å². The highest BCUT2D eigenvalue weighted by molar-refractivity contribution is 4.93. The van der Waals surface area contributed by atoms with E-state index in [0.717, 1.165) is 6.42 Å². The van der Waals surface area contributed by atoms with Crippen LogP contribution in [0.5, 0.6) is 0 Å². The molecule has 2 unspecified atom stereocenters. The van der Waals surface area contributed by atoms with Gasteiger partial charge in [-0.05, 0) is 50.6 Å². The van der Waals surface area contributed by atoms with Gasteiger partial charge >= 0.3 is 6.18 Å². The summed E-state index contributed by atoms with van der Waals surface area (Å²) < 4.78 is 45.3. The molecule has 118 valence electrons. The van der Waals surface area contributed by atoms with Crippen molar-refractivity contribution in [1.29, 1.82) is 0 Å². The summed E-state index contributed by atoms with van der Waals surface area (Å²) in [7, 11) is 0. The van der Waals surface area contributed by atoms with E-state index in [4.69, 9.17) is 4.74 Å². The smallest absolute Gasteiger partial charge is 0.396 e. The summed E-state index contributed by atoms with van der Waals surface area (Å²) in [4.78, 5) is 1.51. The lowest BCUT2D eigenvalue weighted by Gasteiger charge is -2.44. The Labute approximate surface area is 118 Å². The molecule has 0 aromatic carbocycles. The molecule has 2 aliphatic heterocycles. The Morgan fingerprint density at radius 3 is 2.40 bits per heavy atom. The predicted octanol–water partition coefficient (Wildman–Crippen LogP) is 2.58. The van der Waals surface area contributed by atoms with Gasteiger partial charge in [-0.25, -0.2) is 0 Å². The Hall–Kier alpha value is -0.330. The number of hydrogen-bond acceptors (Lipinski definition) is 3. The molecule has 3 nitrogen and oxygen atoms in total. The molecule has 1 N–H and O–H groups in total. The van der Waals surface area contributed by atoms with Crippen LogP contribution in [0.15, 0.2) is 0 Å². The van der Waals surface area contributed by atoms with E-state index in [0.29, 0.717) is 45.4 Å². The summed E-state index contributed by atoms with van der Waals surface area (Å²) >= 11 is 0. The van der Waals surface area contributed by atoms with Crippen LogP contribution < -0.4 is 0 Å².